The molecule has 0 bridgehead atoms. The molecule has 1 aliphatic carbocycles. The highest BCUT2D eigenvalue weighted by atomic mass is 32.1. The van der Waals surface area contributed by atoms with E-state index >= 15 is 0 Å². The Labute approximate surface area is 117 Å². The van der Waals surface area contributed by atoms with E-state index in [0.717, 1.165) is 35.1 Å². The van der Waals surface area contributed by atoms with Crippen LogP contribution in [-0.4, -0.2) is 36.1 Å². The number of carbonyl (C=O) groups excluding carboxylic acids is 1. The van der Waals surface area contributed by atoms with E-state index in [1.165, 1.54) is 24.2 Å². The summed E-state index contributed by atoms with van der Waals surface area (Å²) in [4.78, 5) is 19.0. The van der Waals surface area contributed by atoms with Gasteiger partial charge < -0.3 is 9.64 Å². The lowest BCUT2D eigenvalue weighted by Gasteiger charge is -2.41. The monoisotopic (exact) mass is 280 g/mol. The lowest BCUT2D eigenvalue weighted by molar-refractivity contribution is -0.0749. The number of thiazole rings is 1. The van der Waals surface area contributed by atoms with E-state index in [1.54, 1.807) is 0 Å². The van der Waals surface area contributed by atoms with Gasteiger partial charge in [0.15, 0.2) is 11.4 Å². The summed E-state index contributed by atoms with van der Waals surface area (Å²) in [5.74, 6) is 0.525. The van der Waals surface area contributed by atoms with Gasteiger partial charge in [-0.2, -0.15) is 0 Å². The number of aromatic nitrogens is 1. The summed E-state index contributed by atoms with van der Waals surface area (Å²) in [5.41, 5.74) is 0.858. The second kappa shape index (κ2) is 4.56. The van der Waals surface area contributed by atoms with Crippen LogP contribution in [0.1, 0.15) is 54.9 Å². The van der Waals surface area contributed by atoms with Crippen LogP contribution in [0.4, 0.5) is 5.13 Å². The highest BCUT2D eigenvalue weighted by Crippen LogP contribution is 2.44. The standard InChI is InChI=1S/C14H20N2O2S/c1-9-6-16(8-14(2,3)18-9)13-15-12(10-4-5-10)11(7-17)19-13/h7,9-10H,4-6,8H2,1-3H3. The number of aldehydes is 1. The van der Waals surface area contributed by atoms with Gasteiger partial charge >= 0.3 is 0 Å². The predicted molar refractivity (Wildman–Crippen MR) is 76.3 cm³/mol. The van der Waals surface area contributed by atoms with Gasteiger partial charge in [-0.25, -0.2) is 4.98 Å². The van der Waals surface area contributed by atoms with Crippen LogP contribution < -0.4 is 4.90 Å². The molecule has 0 amide bonds. The van der Waals surface area contributed by atoms with Crippen LogP contribution in [0.2, 0.25) is 0 Å². The normalized spacial score (nSPS) is 26.5. The first kappa shape index (κ1) is 13.1. The molecule has 2 heterocycles. The topological polar surface area (TPSA) is 42.4 Å². The van der Waals surface area contributed by atoms with Crippen molar-refractivity contribution in [3.63, 3.8) is 0 Å². The molecule has 1 saturated carbocycles. The zero-order chi connectivity index (χ0) is 13.6. The maximum Gasteiger partial charge on any atom is 0.186 e. The van der Waals surface area contributed by atoms with Gasteiger partial charge in [0.2, 0.25) is 0 Å². The van der Waals surface area contributed by atoms with Crippen molar-refractivity contribution >= 4 is 22.8 Å². The molecule has 4 nitrogen and oxygen atoms in total. The van der Waals surface area contributed by atoms with E-state index in [0.29, 0.717) is 5.92 Å². The molecule has 0 N–H and O–H groups in total. The maximum absolute atomic E-state index is 11.2. The van der Waals surface area contributed by atoms with Crippen molar-refractivity contribution < 1.29 is 9.53 Å². The number of rotatable bonds is 3. The molecular weight excluding hydrogens is 260 g/mol. The highest BCUT2D eigenvalue weighted by molar-refractivity contribution is 7.17. The van der Waals surface area contributed by atoms with E-state index in [-0.39, 0.29) is 11.7 Å². The van der Waals surface area contributed by atoms with E-state index in [4.69, 9.17) is 9.72 Å². The Morgan fingerprint density at radius 3 is 2.79 bits per heavy atom. The maximum atomic E-state index is 11.2. The molecule has 5 heteroatoms. The zero-order valence-corrected chi connectivity index (χ0v) is 12.5. The van der Waals surface area contributed by atoms with Crippen LogP contribution in [0.3, 0.4) is 0 Å². The third-order valence-electron chi connectivity index (χ3n) is 3.58. The lowest BCUT2D eigenvalue weighted by Crippen LogP contribution is -2.52. The van der Waals surface area contributed by atoms with Crippen molar-refractivity contribution in [3.05, 3.63) is 10.6 Å². The van der Waals surface area contributed by atoms with Crippen LogP contribution in [-0.2, 0) is 4.74 Å². The van der Waals surface area contributed by atoms with Crippen LogP contribution in [0.5, 0.6) is 0 Å². The number of hydrogen-bond donors (Lipinski definition) is 0. The number of hydrogen-bond acceptors (Lipinski definition) is 5. The van der Waals surface area contributed by atoms with Gasteiger partial charge in [0, 0.05) is 19.0 Å². The Kier molecular flexibility index (Phi) is 3.14. The Morgan fingerprint density at radius 2 is 2.21 bits per heavy atom. The average Bonchev–Trinajstić information content (AvgIpc) is 3.06. The molecule has 104 valence electrons. The number of anilines is 1. The average molecular weight is 280 g/mol. The first-order valence-electron chi connectivity index (χ1n) is 6.87. The lowest BCUT2D eigenvalue weighted by atomic mass is 10.1. The Hall–Kier alpha value is -0.940. The van der Waals surface area contributed by atoms with Gasteiger partial charge in [-0.3, -0.25) is 4.79 Å². The van der Waals surface area contributed by atoms with Gasteiger partial charge in [0.05, 0.1) is 22.3 Å². The largest absolute Gasteiger partial charge is 0.369 e. The molecule has 1 atom stereocenters. The van der Waals surface area contributed by atoms with Crippen LogP contribution in [0.15, 0.2) is 0 Å². The molecule has 2 fully saturated rings. The second-order valence-corrected chi connectivity index (χ2v) is 7.22. The van der Waals surface area contributed by atoms with Gasteiger partial charge in [-0.1, -0.05) is 11.3 Å². The molecule has 0 radical (unpaired) electrons. The number of nitrogens with zero attached hydrogens (tertiary/aromatic N) is 2. The molecule has 1 aromatic rings. The third-order valence-corrected chi connectivity index (χ3v) is 4.64. The molecular formula is C14H20N2O2S. The van der Waals surface area contributed by atoms with Crippen LogP contribution in [0.25, 0.3) is 0 Å². The van der Waals surface area contributed by atoms with Crippen LogP contribution >= 0.6 is 11.3 Å². The third kappa shape index (κ3) is 2.67. The van der Waals surface area contributed by atoms with Crippen molar-refractivity contribution in [2.24, 2.45) is 0 Å². The summed E-state index contributed by atoms with van der Waals surface area (Å²) in [7, 11) is 0. The molecule has 2 aliphatic rings. The number of carbonyl (C=O) groups is 1. The minimum Gasteiger partial charge on any atom is -0.369 e. The second-order valence-electron chi connectivity index (χ2n) is 6.21. The quantitative estimate of drug-likeness (QED) is 0.799. The molecule has 3 rings (SSSR count). The van der Waals surface area contributed by atoms with Crippen molar-refractivity contribution in [1.29, 1.82) is 0 Å². The molecule has 1 aromatic heterocycles. The van der Waals surface area contributed by atoms with Gasteiger partial charge in [0.1, 0.15) is 0 Å². The summed E-state index contributed by atoms with van der Waals surface area (Å²) in [6.07, 6.45) is 3.50. The highest BCUT2D eigenvalue weighted by Gasteiger charge is 2.35. The van der Waals surface area contributed by atoms with Gasteiger partial charge in [-0.15, -0.1) is 0 Å². The Balaban J connectivity index is 1.87. The fourth-order valence-corrected chi connectivity index (χ4v) is 3.77. The Morgan fingerprint density at radius 1 is 1.47 bits per heavy atom. The van der Waals surface area contributed by atoms with E-state index in [1.807, 2.05) is 0 Å². The van der Waals surface area contributed by atoms with Crippen molar-refractivity contribution in [1.82, 2.24) is 4.98 Å². The van der Waals surface area contributed by atoms with Crippen molar-refractivity contribution in [3.8, 4) is 0 Å². The smallest absolute Gasteiger partial charge is 0.186 e. The zero-order valence-electron chi connectivity index (χ0n) is 11.7. The number of morpholine rings is 1. The van der Waals surface area contributed by atoms with E-state index in [9.17, 15) is 4.79 Å². The summed E-state index contributed by atoms with van der Waals surface area (Å²) in [5, 5.41) is 0.979. The van der Waals surface area contributed by atoms with Gasteiger partial charge in [-0.05, 0) is 33.6 Å². The molecule has 1 aliphatic heterocycles. The first-order valence-corrected chi connectivity index (χ1v) is 7.69. The molecule has 19 heavy (non-hydrogen) atoms. The minimum absolute atomic E-state index is 0.162. The summed E-state index contributed by atoms with van der Waals surface area (Å²) in [6.45, 7) is 7.97. The molecule has 0 spiro atoms. The SMILES string of the molecule is CC1CN(c2nc(C3CC3)c(C=O)s2)CC(C)(C)O1. The fourth-order valence-electron chi connectivity index (χ4n) is 2.80. The Bertz CT molecular complexity index is 494. The predicted octanol–water partition coefficient (Wildman–Crippen LogP) is 2.84. The molecule has 1 unspecified atom stereocenters. The van der Waals surface area contributed by atoms with Crippen LogP contribution in [0, 0.1) is 0 Å². The molecule has 0 aromatic carbocycles. The summed E-state index contributed by atoms with van der Waals surface area (Å²) >= 11 is 1.53. The molecule has 1 saturated heterocycles. The first-order chi connectivity index (χ1) is 8.98. The summed E-state index contributed by atoms with van der Waals surface area (Å²) < 4.78 is 5.91. The summed E-state index contributed by atoms with van der Waals surface area (Å²) in [6, 6.07) is 0. The van der Waals surface area contributed by atoms with Crippen molar-refractivity contribution in [2.45, 2.75) is 51.2 Å². The van der Waals surface area contributed by atoms with Gasteiger partial charge in [0.25, 0.3) is 0 Å². The fraction of sp³-hybridized carbons (Fsp3) is 0.714. The van der Waals surface area contributed by atoms with Crippen molar-refractivity contribution in [2.75, 3.05) is 18.0 Å². The number of ether oxygens (including phenoxy) is 1. The van der Waals surface area contributed by atoms with E-state index < -0.39 is 0 Å². The van der Waals surface area contributed by atoms with E-state index in [2.05, 4.69) is 25.7 Å². The minimum atomic E-state index is -0.162.